The van der Waals surface area contributed by atoms with Crippen LogP contribution in [0.2, 0.25) is 5.02 Å². The van der Waals surface area contributed by atoms with Gasteiger partial charge in [0.25, 0.3) is 0 Å². The first-order valence-corrected chi connectivity index (χ1v) is 6.57. The van der Waals surface area contributed by atoms with Crippen LogP contribution in [0.5, 0.6) is 0 Å². The van der Waals surface area contributed by atoms with Gasteiger partial charge in [0.15, 0.2) is 6.29 Å². The molecule has 6 nitrogen and oxygen atoms in total. The molecular formula is C13H17ClO6. The summed E-state index contributed by atoms with van der Waals surface area (Å²) in [5.74, 6) is 0. The molecule has 0 bridgehead atoms. The number of aliphatic hydroxyl groups excluding tert-OH is 4. The first kappa shape index (κ1) is 15.7. The van der Waals surface area contributed by atoms with Crippen LogP contribution in [0.15, 0.2) is 24.3 Å². The Labute approximate surface area is 121 Å². The topological polar surface area (TPSA) is 99.4 Å². The van der Waals surface area contributed by atoms with E-state index in [0.29, 0.717) is 5.02 Å². The predicted octanol–water partition coefficient (Wildman–Crippen LogP) is -0.343. The van der Waals surface area contributed by atoms with Gasteiger partial charge < -0.3 is 29.9 Å². The molecule has 1 aliphatic rings. The van der Waals surface area contributed by atoms with Gasteiger partial charge in [-0.15, -0.1) is 0 Å². The summed E-state index contributed by atoms with van der Waals surface area (Å²) in [7, 11) is 0. The summed E-state index contributed by atoms with van der Waals surface area (Å²) in [6.07, 6.45) is -6.30. The fraction of sp³-hybridized carbons (Fsp3) is 0.538. The van der Waals surface area contributed by atoms with Crippen molar-refractivity contribution in [1.82, 2.24) is 0 Å². The van der Waals surface area contributed by atoms with E-state index in [1.54, 1.807) is 24.3 Å². The van der Waals surface area contributed by atoms with Crippen LogP contribution in [-0.2, 0) is 16.1 Å². The van der Waals surface area contributed by atoms with E-state index in [4.69, 9.17) is 26.2 Å². The fourth-order valence-corrected chi connectivity index (χ4v) is 2.09. The van der Waals surface area contributed by atoms with Crippen LogP contribution in [0.25, 0.3) is 0 Å². The highest BCUT2D eigenvalue weighted by Crippen LogP contribution is 2.23. The molecule has 7 heteroatoms. The molecule has 1 aromatic carbocycles. The second-order valence-electron chi connectivity index (χ2n) is 4.63. The van der Waals surface area contributed by atoms with Crippen LogP contribution in [0.3, 0.4) is 0 Å². The van der Waals surface area contributed by atoms with Crippen LogP contribution in [0.4, 0.5) is 0 Å². The van der Waals surface area contributed by atoms with Crippen molar-refractivity contribution in [3.05, 3.63) is 34.9 Å². The zero-order valence-electron chi connectivity index (χ0n) is 10.6. The lowest BCUT2D eigenvalue weighted by molar-refractivity contribution is -0.304. The Morgan fingerprint density at radius 1 is 1.05 bits per heavy atom. The van der Waals surface area contributed by atoms with Gasteiger partial charge in [-0.2, -0.15) is 0 Å². The lowest BCUT2D eigenvalue weighted by atomic mass is 9.99. The summed E-state index contributed by atoms with van der Waals surface area (Å²) in [5, 5.41) is 38.7. The molecule has 1 heterocycles. The normalized spacial score (nSPS) is 34.1. The van der Waals surface area contributed by atoms with Crippen LogP contribution in [0.1, 0.15) is 5.56 Å². The summed E-state index contributed by atoms with van der Waals surface area (Å²) in [5.41, 5.74) is 0.811. The summed E-state index contributed by atoms with van der Waals surface area (Å²) in [6.45, 7) is -0.342. The Morgan fingerprint density at radius 2 is 1.70 bits per heavy atom. The maximum absolute atomic E-state index is 9.78. The van der Waals surface area contributed by atoms with Crippen molar-refractivity contribution in [2.24, 2.45) is 0 Å². The van der Waals surface area contributed by atoms with Gasteiger partial charge in [-0.3, -0.25) is 0 Å². The molecule has 112 valence electrons. The number of rotatable bonds is 4. The maximum atomic E-state index is 9.78. The minimum atomic E-state index is -1.43. The Bertz CT molecular complexity index is 423. The molecule has 5 atom stereocenters. The van der Waals surface area contributed by atoms with Crippen molar-refractivity contribution in [2.45, 2.75) is 37.3 Å². The second kappa shape index (κ2) is 6.82. The zero-order valence-corrected chi connectivity index (χ0v) is 11.3. The first-order valence-electron chi connectivity index (χ1n) is 6.19. The van der Waals surface area contributed by atoms with E-state index < -0.39 is 37.3 Å². The van der Waals surface area contributed by atoms with Gasteiger partial charge in [-0.25, -0.2) is 0 Å². The second-order valence-corrected chi connectivity index (χ2v) is 5.07. The van der Waals surface area contributed by atoms with Gasteiger partial charge in [0.1, 0.15) is 24.4 Å². The molecule has 20 heavy (non-hydrogen) atoms. The van der Waals surface area contributed by atoms with E-state index in [1.807, 2.05) is 0 Å². The minimum Gasteiger partial charge on any atom is -0.394 e. The number of aliphatic hydroxyl groups is 4. The Balaban J connectivity index is 1.95. The van der Waals surface area contributed by atoms with Crippen LogP contribution in [-0.4, -0.2) is 57.7 Å². The molecule has 0 aliphatic carbocycles. The highest BCUT2D eigenvalue weighted by Gasteiger charge is 2.43. The van der Waals surface area contributed by atoms with E-state index in [2.05, 4.69) is 0 Å². The molecule has 0 saturated carbocycles. The molecule has 0 spiro atoms. The van der Waals surface area contributed by atoms with E-state index in [1.165, 1.54) is 0 Å². The quantitative estimate of drug-likeness (QED) is 0.607. The molecule has 1 saturated heterocycles. The predicted molar refractivity (Wildman–Crippen MR) is 70.0 cm³/mol. The third kappa shape index (κ3) is 3.48. The molecule has 5 unspecified atom stereocenters. The molecular weight excluding hydrogens is 288 g/mol. The maximum Gasteiger partial charge on any atom is 0.187 e. The largest absolute Gasteiger partial charge is 0.394 e. The molecule has 1 fully saturated rings. The molecule has 0 amide bonds. The minimum absolute atomic E-state index is 0.139. The van der Waals surface area contributed by atoms with Crippen molar-refractivity contribution >= 4 is 11.6 Å². The monoisotopic (exact) mass is 304 g/mol. The van der Waals surface area contributed by atoms with Crippen molar-refractivity contribution in [3.63, 3.8) is 0 Å². The van der Waals surface area contributed by atoms with Crippen molar-refractivity contribution < 1.29 is 29.9 Å². The zero-order chi connectivity index (χ0) is 14.7. The Kier molecular flexibility index (Phi) is 5.34. The van der Waals surface area contributed by atoms with Crippen LogP contribution < -0.4 is 0 Å². The lowest BCUT2D eigenvalue weighted by Gasteiger charge is -2.39. The summed E-state index contributed by atoms with van der Waals surface area (Å²) in [6, 6.07) is 6.92. The van der Waals surface area contributed by atoms with Crippen molar-refractivity contribution in [1.29, 1.82) is 0 Å². The van der Waals surface area contributed by atoms with Gasteiger partial charge in [-0.1, -0.05) is 23.7 Å². The van der Waals surface area contributed by atoms with Gasteiger partial charge in [0.2, 0.25) is 0 Å². The number of benzene rings is 1. The Hall–Kier alpha value is -0.730. The van der Waals surface area contributed by atoms with Crippen LogP contribution >= 0.6 is 11.6 Å². The highest BCUT2D eigenvalue weighted by molar-refractivity contribution is 6.30. The molecule has 0 aromatic heterocycles. The number of ether oxygens (including phenoxy) is 2. The summed E-state index contributed by atoms with van der Waals surface area (Å²) < 4.78 is 10.6. The van der Waals surface area contributed by atoms with Crippen molar-refractivity contribution in [2.75, 3.05) is 6.61 Å². The fourth-order valence-electron chi connectivity index (χ4n) is 1.96. The van der Waals surface area contributed by atoms with Crippen LogP contribution in [0, 0.1) is 0 Å². The van der Waals surface area contributed by atoms with E-state index in [9.17, 15) is 15.3 Å². The van der Waals surface area contributed by atoms with E-state index in [-0.39, 0.29) is 6.61 Å². The number of halogens is 1. The van der Waals surface area contributed by atoms with E-state index >= 15 is 0 Å². The highest BCUT2D eigenvalue weighted by atomic mass is 35.5. The number of hydrogen-bond donors (Lipinski definition) is 4. The average molecular weight is 305 g/mol. The Morgan fingerprint density at radius 3 is 2.30 bits per heavy atom. The third-order valence-electron chi connectivity index (χ3n) is 3.18. The molecule has 4 N–H and O–H groups in total. The third-order valence-corrected chi connectivity index (χ3v) is 3.43. The lowest BCUT2D eigenvalue weighted by Crippen LogP contribution is -2.59. The SMILES string of the molecule is OCC1OC(OCc2ccc(Cl)cc2)C(O)C(O)C1O. The standard InChI is InChI=1S/C13H17ClO6/c14-8-3-1-7(2-4-8)6-19-13-12(18)11(17)10(16)9(5-15)20-13/h1-4,9-13,15-18H,5-6H2. The van der Waals surface area contributed by atoms with Gasteiger partial charge in [0, 0.05) is 5.02 Å². The molecule has 1 aliphatic heterocycles. The van der Waals surface area contributed by atoms with Crippen molar-refractivity contribution in [3.8, 4) is 0 Å². The summed E-state index contributed by atoms with van der Waals surface area (Å²) >= 11 is 5.76. The first-order chi connectivity index (χ1) is 9.52. The molecule has 1 aromatic rings. The molecule has 2 rings (SSSR count). The number of hydrogen-bond acceptors (Lipinski definition) is 6. The average Bonchev–Trinajstić information content (AvgIpc) is 2.46. The molecule has 0 radical (unpaired) electrons. The van der Waals surface area contributed by atoms with Gasteiger partial charge in [0.05, 0.1) is 13.2 Å². The summed E-state index contributed by atoms with van der Waals surface area (Å²) in [4.78, 5) is 0. The van der Waals surface area contributed by atoms with Gasteiger partial charge in [-0.05, 0) is 17.7 Å². The van der Waals surface area contributed by atoms with E-state index in [0.717, 1.165) is 5.56 Å². The smallest absolute Gasteiger partial charge is 0.187 e. The van der Waals surface area contributed by atoms with Gasteiger partial charge >= 0.3 is 0 Å².